The second kappa shape index (κ2) is 6.35. The van der Waals surface area contributed by atoms with Gasteiger partial charge in [-0.2, -0.15) is 0 Å². The molecule has 0 radical (unpaired) electrons. The zero-order chi connectivity index (χ0) is 14.6. The van der Waals surface area contributed by atoms with E-state index in [1.165, 1.54) is 4.57 Å². The molecule has 0 aliphatic carbocycles. The van der Waals surface area contributed by atoms with Crippen molar-refractivity contribution in [2.75, 3.05) is 14.1 Å². The van der Waals surface area contributed by atoms with E-state index in [0.29, 0.717) is 11.4 Å². The minimum Gasteiger partial charge on any atom is -0.503 e. The predicted octanol–water partition coefficient (Wildman–Crippen LogP) is -0.418. The van der Waals surface area contributed by atoms with Gasteiger partial charge in [-0.15, -0.1) is 0 Å². The maximum atomic E-state index is 11.6. The summed E-state index contributed by atoms with van der Waals surface area (Å²) in [5.74, 6) is -1.39. The minimum atomic E-state index is -0.988. The van der Waals surface area contributed by atoms with Crippen molar-refractivity contribution in [3.05, 3.63) is 27.7 Å². The van der Waals surface area contributed by atoms with Crippen LogP contribution in [-0.4, -0.2) is 44.9 Å². The summed E-state index contributed by atoms with van der Waals surface area (Å²) in [7, 11) is 3.52. The number of nitrogens with zero attached hydrogens (tertiary/aromatic N) is 2. The highest BCUT2D eigenvalue weighted by Crippen LogP contribution is 2.17. The Morgan fingerprint density at radius 2 is 2.05 bits per heavy atom. The molecule has 0 bridgehead atoms. The van der Waals surface area contributed by atoms with Crippen LogP contribution in [0.15, 0.2) is 10.9 Å². The van der Waals surface area contributed by atoms with E-state index in [-0.39, 0.29) is 19.5 Å². The van der Waals surface area contributed by atoms with Gasteiger partial charge in [0, 0.05) is 24.8 Å². The molecule has 1 heterocycles. The molecule has 106 valence electrons. The highest BCUT2D eigenvalue weighted by molar-refractivity contribution is 5.66. The van der Waals surface area contributed by atoms with Crippen LogP contribution >= 0.6 is 0 Å². The van der Waals surface area contributed by atoms with Gasteiger partial charge < -0.3 is 24.8 Å². The number of hydrogen-bond donors (Lipinski definition) is 3. The summed E-state index contributed by atoms with van der Waals surface area (Å²) in [6.45, 7) is -0.0354. The zero-order valence-electron chi connectivity index (χ0n) is 11.0. The SMILES string of the molecule is CN(C)Cc1c(O)c(=O)cc(CO)n1CCC(=O)O. The molecule has 0 saturated heterocycles. The molecule has 0 atom stereocenters. The molecule has 0 aromatic carbocycles. The summed E-state index contributed by atoms with van der Waals surface area (Å²) in [5, 5.41) is 27.8. The lowest BCUT2D eigenvalue weighted by atomic mass is 10.2. The molecule has 3 N–H and O–H groups in total. The van der Waals surface area contributed by atoms with Crippen molar-refractivity contribution in [1.82, 2.24) is 9.47 Å². The molecule has 0 aliphatic heterocycles. The van der Waals surface area contributed by atoms with Crippen LogP contribution in [0.1, 0.15) is 17.8 Å². The van der Waals surface area contributed by atoms with Crippen molar-refractivity contribution in [2.45, 2.75) is 26.1 Å². The first kappa shape index (κ1) is 15.2. The highest BCUT2D eigenvalue weighted by Gasteiger charge is 2.16. The Morgan fingerprint density at radius 3 is 2.53 bits per heavy atom. The number of aromatic nitrogens is 1. The normalized spacial score (nSPS) is 10.9. The minimum absolute atomic E-state index is 0.0856. The molecular formula is C12H18N2O5. The van der Waals surface area contributed by atoms with Gasteiger partial charge in [0.2, 0.25) is 5.43 Å². The van der Waals surface area contributed by atoms with Crippen LogP contribution in [0, 0.1) is 0 Å². The molecule has 1 aromatic rings. The number of carboxylic acid groups (broad SMARTS) is 1. The maximum Gasteiger partial charge on any atom is 0.305 e. The molecule has 0 aliphatic rings. The number of aliphatic hydroxyl groups is 1. The Labute approximate surface area is 110 Å². The number of aliphatic carboxylic acids is 1. The van der Waals surface area contributed by atoms with Crippen LogP contribution in [0.2, 0.25) is 0 Å². The van der Waals surface area contributed by atoms with E-state index in [0.717, 1.165) is 6.07 Å². The van der Waals surface area contributed by atoms with Crippen molar-refractivity contribution in [3.63, 3.8) is 0 Å². The molecule has 0 unspecified atom stereocenters. The maximum absolute atomic E-state index is 11.6. The summed E-state index contributed by atoms with van der Waals surface area (Å²) < 4.78 is 1.48. The molecule has 1 aromatic heterocycles. The summed E-state index contributed by atoms with van der Waals surface area (Å²) in [4.78, 5) is 24.0. The first-order valence-electron chi connectivity index (χ1n) is 5.78. The Morgan fingerprint density at radius 1 is 1.42 bits per heavy atom. The van der Waals surface area contributed by atoms with Gasteiger partial charge in [0.05, 0.1) is 18.7 Å². The monoisotopic (exact) mass is 270 g/mol. The largest absolute Gasteiger partial charge is 0.503 e. The van der Waals surface area contributed by atoms with E-state index in [1.54, 1.807) is 19.0 Å². The predicted molar refractivity (Wildman–Crippen MR) is 67.9 cm³/mol. The standard InChI is InChI=1S/C12H18N2O5/c1-13(2)6-9-12(19)10(16)5-8(7-15)14(9)4-3-11(17)18/h5,15,19H,3-4,6-7H2,1-2H3,(H,17,18). The first-order chi connectivity index (χ1) is 8.86. The van der Waals surface area contributed by atoms with E-state index in [1.807, 2.05) is 0 Å². The molecule has 19 heavy (non-hydrogen) atoms. The number of carboxylic acids is 1. The summed E-state index contributed by atoms with van der Waals surface area (Å²) in [5.41, 5.74) is 0.0242. The van der Waals surface area contributed by atoms with Crippen LogP contribution in [-0.2, 0) is 24.5 Å². The lowest BCUT2D eigenvalue weighted by Gasteiger charge is -2.20. The molecule has 1 rings (SSSR count). The van der Waals surface area contributed by atoms with Crippen LogP contribution in [0.25, 0.3) is 0 Å². The first-order valence-corrected chi connectivity index (χ1v) is 5.78. The van der Waals surface area contributed by atoms with Crippen molar-refractivity contribution < 1.29 is 20.1 Å². The summed E-state index contributed by atoms with van der Waals surface area (Å²) in [6, 6.07) is 1.12. The fraction of sp³-hybridized carbons (Fsp3) is 0.500. The van der Waals surface area contributed by atoms with Gasteiger partial charge in [-0.1, -0.05) is 0 Å². The van der Waals surface area contributed by atoms with Crippen LogP contribution < -0.4 is 5.43 Å². The molecule has 7 heteroatoms. The van der Waals surface area contributed by atoms with E-state index in [9.17, 15) is 19.8 Å². The molecule has 0 fully saturated rings. The summed E-state index contributed by atoms with van der Waals surface area (Å²) >= 11 is 0. The average molecular weight is 270 g/mol. The molecule has 0 amide bonds. The molecule has 0 spiro atoms. The quantitative estimate of drug-likeness (QED) is 0.649. The number of pyridine rings is 1. The second-order valence-electron chi connectivity index (χ2n) is 4.49. The van der Waals surface area contributed by atoms with Crippen molar-refractivity contribution in [2.24, 2.45) is 0 Å². The third-order valence-electron chi connectivity index (χ3n) is 2.65. The van der Waals surface area contributed by atoms with Gasteiger partial charge >= 0.3 is 5.97 Å². The number of rotatable bonds is 6. The van der Waals surface area contributed by atoms with Crippen LogP contribution in [0.3, 0.4) is 0 Å². The van der Waals surface area contributed by atoms with E-state index >= 15 is 0 Å². The van der Waals surface area contributed by atoms with Crippen molar-refractivity contribution >= 4 is 5.97 Å². The Bertz CT molecular complexity index is 522. The van der Waals surface area contributed by atoms with Gasteiger partial charge in [0.25, 0.3) is 0 Å². The van der Waals surface area contributed by atoms with E-state index in [4.69, 9.17) is 5.11 Å². The Kier molecular flexibility index (Phi) is 5.08. The van der Waals surface area contributed by atoms with Gasteiger partial charge in [0.1, 0.15) is 0 Å². The van der Waals surface area contributed by atoms with Crippen LogP contribution in [0.5, 0.6) is 5.75 Å². The number of aromatic hydroxyl groups is 1. The lowest BCUT2D eigenvalue weighted by Crippen LogP contribution is -2.23. The number of hydrogen-bond acceptors (Lipinski definition) is 5. The van der Waals surface area contributed by atoms with Gasteiger partial charge in [-0.3, -0.25) is 9.59 Å². The number of carbonyl (C=O) groups is 1. The Balaban J connectivity index is 3.31. The topological polar surface area (TPSA) is 103 Å². The molecule has 7 nitrogen and oxygen atoms in total. The van der Waals surface area contributed by atoms with Gasteiger partial charge in [-0.25, -0.2) is 0 Å². The fourth-order valence-electron chi connectivity index (χ4n) is 1.82. The average Bonchev–Trinajstić information content (AvgIpc) is 2.32. The highest BCUT2D eigenvalue weighted by atomic mass is 16.4. The fourth-order valence-corrected chi connectivity index (χ4v) is 1.82. The van der Waals surface area contributed by atoms with Crippen molar-refractivity contribution in [3.8, 4) is 5.75 Å². The third-order valence-corrected chi connectivity index (χ3v) is 2.65. The molecule has 0 saturated carbocycles. The molecular weight excluding hydrogens is 252 g/mol. The Hall–Kier alpha value is -1.86. The lowest BCUT2D eigenvalue weighted by molar-refractivity contribution is -0.137. The second-order valence-corrected chi connectivity index (χ2v) is 4.49. The van der Waals surface area contributed by atoms with Crippen molar-refractivity contribution in [1.29, 1.82) is 0 Å². The van der Waals surface area contributed by atoms with E-state index < -0.39 is 23.8 Å². The summed E-state index contributed by atoms with van der Waals surface area (Å²) in [6.07, 6.45) is -0.157. The third kappa shape index (κ3) is 3.80. The van der Waals surface area contributed by atoms with Gasteiger partial charge in [0.15, 0.2) is 5.75 Å². The van der Waals surface area contributed by atoms with Gasteiger partial charge in [-0.05, 0) is 14.1 Å². The number of aliphatic hydroxyl groups excluding tert-OH is 1. The zero-order valence-corrected chi connectivity index (χ0v) is 11.0. The van der Waals surface area contributed by atoms with Crippen LogP contribution in [0.4, 0.5) is 0 Å². The van der Waals surface area contributed by atoms with E-state index in [2.05, 4.69) is 0 Å². The smallest absolute Gasteiger partial charge is 0.305 e.